The Hall–Kier alpha value is -3.35. The zero-order chi connectivity index (χ0) is 21.1. The van der Waals surface area contributed by atoms with Crippen LogP contribution in [-0.2, 0) is 0 Å². The maximum atomic E-state index is 14.1. The number of aromatic nitrogens is 2. The maximum absolute atomic E-state index is 14.1. The minimum Gasteiger partial charge on any atom is -0.366 e. The minimum atomic E-state index is -0.179. The van der Waals surface area contributed by atoms with Crippen molar-refractivity contribution in [2.75, 3.05) is 60.3 Å². The Morgan fingerprint density at radius 3 is 2.23 bits per heavy atom. The highest BCUT2D eigenvalue weighted by molar-refractivity contribution is 5.62. The molecule has 1 fully saturated rings. The van der Waals surface area contributed by atoms with Gasteiger partial charge in [-0.1, -0.05) is 29.8 Å². The van der Waals surface area contributed by atoms with Crippen molar-refractivity contribution >= 4 is 29.0 Å². The first-order chi connectivity index (χ1) is 14.5. The number of benzene rings is 2. The monoisotopic (exact) mass is 406 g/mol. The summed E-state index contributed by atoms with van der Waals surface area (Å²) in [5, 5.41) is 3.38. The van der Waals surface area contributed by atoms with Crippen LogP contribution >= 0.6 is 0 Å². The number of nitrogens with one attached hydrogen (secondary N) is 1. The Balaban J connectivity index is 1.53. The molecule has 30 heavy (non-hydrogen) atoms. The van der Waals surface area contributed by atoms with Gasteiger partial charge < -0.3 is 20.0 Å². The third-order valence-electron chi connectivity index (χ3n) is 5.24. The molecule has 1 saturated heterocycles. The number of para-hydroxylation sites is 1. The average Bonchev–Trinajstić information content (AvgIpc) is 2.76. The molecular weight excluding hydrogens is 379 g/mol. The molecule has 2 aromatic carbocycles. The van der Waals surface area contributed by atoms with E-state index in [0.29, 0.717) is 11.6 Å². The van der Waals surface area contributed by atoms with Crippen LogP contribution in [0.25, 0.3) is 0 Å². The normalized spacial score (nSPS) is 14.0. The molecule has 1 N–H and O–H groups in total. The summed E-state index contributed by atoms with van der Waals surface area (Å²) in [7, 11) is 3.94. The summed E-state index contributed by atoms with van der Waals surface area (Å²) in [6.07, 6.45) is 0. The highest BCUT2D eigenvalue weighted by Crippen LogP contribution is 2.25. The molecule has 4 rings (SSSR count). The molecule has 2 heterocycles. The Morgan fingerprint density at radius 1 is 0.900 bits per heavy atom. The fourth-order valence-electron chi connectivity index (χ4n) is 3.50. The van der Waals surface area contributed by atoms with E-state index in [1.807, 2.05) is 49.3 Å². The van der Waals surface area contributed by atoms with Gasteiger partial charge in [0.15, 0.2) is 0 Å². The summed E-state index contributed by atoms with van der Waals surface area (Å²) in [4.78, 5) is 15.7. The molecule has 0 spiro atoms. The van der Waals surface area contributed by atoms with Gasteiger partial charge >= 0.3 is 0 Å². The molecule has 0 aliphatic carbocycles. The number of anilines is 5. The van der Waals surface area contributed by atoms with Crippen molar-refractivity contribution in [2.45, 2.75) is 6.92 Å². The molecule has 156 valence electrons. The van der Waals surface area contributed by atoms with E-state index < -0.39 is 0 Å². The Morgan fingerprint density at radius 2 is 1.57 bits per heavy atom. The Labute approximate surface area is 177 Å². The molecule has 0 atom stereocenters. The Kier molecular flexibility index (Phi) is 5.70. The molecule has 0 bridgehead atoms. The molecule has 7 heteroatoms. The summed E-state index contributed by atoms with van der Waals surface area (Å²) in [5.41, 5.74) is 2.85. The summed E-state index contributed by atoms with van der Waals surface area (Å²) >= 11 is 0. The van der Waals surface area contributed by atoms with Gasteiger partial charge in [-0.3, -0.25) is 0 Å². The molecule has 6 nitrogen and oxygen atoms in total. The summed E-state index contributed by atoms with van der Waals surface area (Å²) in [5.74, 6) is 2.10. The number of halogens is 1. The topological polar surface area (TPSA) is 47.5 Å². The molecule has 0 unspecified atom stereocenters. The van der Waals surface area contributed by atoms with Gasteiger partial charge in [-0.15, -0.1) is 0 Å². The van der Waals surface area contributed by atoms with Crippen LogP contribution in [-0.4, -0.2) is 50.2 Å². The maximum Gasteiger partial charge on any atom is 0.229 e. The first kappa shape index (κ1) is 19.9. The van der Waals surface area contributed by atoms with E-state index in [9.17, 15) is 4.39 Å². The van der Waals surface area contributed by atoms with Crippen molar-refractivity contribution in [3.05, 3.63) is 66.0 Å². The highest BCUT2D eigenvalue weighted by Gasteiger charge is 2.22. The third-order valence-corrected chi connectivity index (χ3v) is 5.24. The van der Waals surface area contributed by atoms with Gasteiger partial charge in [-0.2, -0.15) is 9.97 Å². The van der Waals surface area contributed by atoms with Crippen LogP contribution < -0.4 is 20.0 Å². The molecule has 1 aliphatic rings. The second-order valence-corrected chi connectivity index (χ2v) is 7.72. The molecule has 1 aromatic heterocycles. The predicted octanol–water partition coefficient (Wildman–Crippen LogP) is 4.06. The number of nitrogens with zero attached hydrogens (tertiary/aromatic N) is 5. The second-order valence-electron chi connectivity index (χ2n) is 7.72. The number of hydrogen-bond acceptors (Lipinski definition) is 6. The van der Waals surface area contributed by atoms with Crippen LogP contribution in [0.1, 0.15) is 5.56 Å². The van der Waals surface area contributed by atoms with Crippen LogP contribution in [0, 0.1) is 12.7 Å². The fourth-order valence-corrected chi connectivity index (χ4v) is 3.50. The van der Waals surface area contributed by atoms with Gasteiger partial charge in [0.1, 0.15) is 17.5 Å². The van der Waals surface area contributed by atoms with E-state index >= 15 is 0 Å². The lowest BCUT2D eigenvalue weighted by Crippen LogP contribution is -2.47. The van der Waals surface area contributed by atoms with Crippen molar-refractivity contribution in [1.29, 1.82) is 0 Å². The van der Waals surface area contributed by atoms with Crippen molar-refractivity contribution < 1.29 is 4.39 Å². The van der Waals surface area contributed by atoms with Crippen LogP contribution in [0.3, 0.4) is 0 Å². The fraction of sp³-hybridized carbons (Fsp3) is 0.304. The number of piperazine rings is 1. The lowest BCUT2D eigenvalue weighted by atomic mass is 10.2. The first-order valence-corrected chi connectivity index (χ1v) is 10.1. The van der Waals surface area contributed by atoms with Gasteiger partial charge in [-0.05, 0) is 31.2 Å². The van der Waals surface area contributed by atoms with E-state index in [2.05, 4.69) is 34.2 Å². The number of hydrogen-bond donors (Lipinski definition) is 1. The standard InChI is InChI=1S/C23H27FN6/c1-17-8-10-18(11-9-17)25-21-16-22(28(2)3)27-23(26-21)30-14-12-29(13-15-30)20-7-5-4-6-19(20)24/h4-11,16H,12-15H2,1-3H3,(H,25,26,27). The zero-order valence-corrected chi connectivity index (χ0v) is 17.6. The smallest absolute Gasteiger partial charge is 0.229 e. The van der Waals surface area contributed by atoms with Crippen molar-refractivity contribution in [3.63, 3.8) is 0 Å². The second kappa shape index (κ2) is 8.57. The van der Waals surface area contributed by atoms with Crippen LogP contribution in [0.5, 0.6) is 0 Å². The predicted molar refractivity (Wildman–Crippen MR) is 122 cm³/mol. The molecule has 0 amide bonds. The van der Waals surface area contributed by atoms with Gasteiger partial charge in [0.05, 0.1) is 5.69 Å². The van der Waals surface area contributed by atoms with Crippen molar-refractivity contribution in [1.82, 2.24) is 9.97 Å². The van der Waals surface area contributed by atoms with E-state index in [0.717, 1.165) is 43.5 Å². The van der Waals surface area contributed by atoms with Gasteiger partial charge in [0, 0.05) is 52.0 Å². The first-order valence-electron chi connectivity index (χ1n) is 10.1. The molecule has 3 aromatic rings. The minimum absolute atomic E-state index is 0.179. The SMILES string of the molecule is Cc1ccc(Nc2cc(N(C)C)nc(N3CCN(c4ccccc4F)CC3)n2)cc1. The largest absolute Gasteiger partial charge is 0.366 e. The van der Waals surface area contributed by atoms with E-state index in [1.165, 1.54) is 11.6 Å². The highest BCUT2D eigenvalue weighted by atomic mass is 19.1. The number of rotatable bonds is 5. The summed E-state index contributed by atoms with van der Waals surface area (Å²) < 4.78 is 14.1. The number of aryl methyl sites for hydroxylation is 1. The quantitative estimate of drug-likeness (QED) is 0.690. The van der Waals surface area contributed by atoms with E-state index in [1.54, 1.807) is 6.07 Å². The van der Waals surface area contributed by atoms with Crippen LogP contribution in [0.4, 0.5) is 33.3 Å². The van der Waals surface area contributed by atoms with Crippen LogP contribution in [0.2, 0.25) is 0 Å². The zero-order valence-electron chi connectivity index (χ0n) is 17.6. The van der Waals surface area contributed by atoms with E-state index in [-0.39, 0.29) is 5.82 Å². The van der Waals surface area contributed by atoms with Crippen LogP contribution in [0.15, 0.2) is 54.6 Å². The Bertz CT molecular complexity index is 997. The van der Waals surface area contributed by atoms with Crippen molar-refractivity contribution in [3.8, 4) is 0 Å². The van der Waals surface area contributed by atoms with Gasteiger partial charge in [-0.25, -0.2) is 4.39 Å². The summed E-state index contributed by atoms with van der Waals surface area (Å²) in [6.45, 7) is 4.97. The molecule has 0 radical (unpaired) electrons. The van der Waals surface area contributed by atoms with Gasteiger partial charge in [0.25, 0.3) is 0 Å². The molecular formula is C23H27FN6. The molecule has 0 saturated carbocycles. The lowest BCUT2D eigenvalue weighted by molar-refractivity contribution is 0.594. The lowest BCUT2D eigenvalue weighted by Gasteiger charge is -2.36. The van der Waals surface area contributed by atoms with Crippen molar-refractivity contribution in [2.24, 2.45) is 0 Å². The van der Waals surface area contributed by atoms with E-state index in [4.69, 9.17) is 9.97 Å². The van der Waals surface area contributed by atoms with Gasteiger partial charge in [0.2, 0.25) is 5.95 Å². The molecule has 1 aliphatic heterocycles. The average molecular weight is 407 g/mol. The third kappa shape index (κ3) is 4.45. The summed E-state index contributed by atoms with van der Waals surface area (Å²) in [6, 6.07) is 17.1.